The number of nitro benzene ring substituents is 1. The van der Waals surface area contributed by atoms with E-state index in [2.05, 4.69) is 10.0 Å². The Hall–Kier alpha value is -3.11. The Morgan fingerprint density at radius 1 is 1.19 bits per heavy atom. The molecule has 0 saturated carbocycles. The lowest BCUT2D eigenvalue weighted by Gasteiger charge is -2.06. The van der Waals surface area contributed by atoms with Gasteiger partial charge in [0.05, 0.1) is 4.92 Å². The first kappa shape index (κ1) is 20.2. The normalized spacial score (nSPS) is 11.4. The van der Waals surface area contributed by atoms with Crippen molar-refractivity contribution in [2.45, 2.75) is 6.42 Å². The van der Waals surface area contributed by atoms with Gasteiger partial charge in [-0.1, -0.05) is 30.3 Å². The summed E-state index contributed by atoms with van der Waals surface area (Å²) in [5, 5.41) is 14.0. The number of halogens is 1. The second-order valence-electron chi connectivity index (χ2n) is 5.37. The predicted molar refractivity (Wildman–Crippen MR) is 98.7 cm³/mol. The van der Waals surface area contributed by atoms with Gasteiger partial charge in [0.1, 0.15) is 0 Å². The van der Waals surface area contributed by atoms with Crippen molar-refractivity contribution in [3.05, 3.63) is 75.4 Å². The molecule has 2 rings (SSSR count). The molecule has 2 N–H and O–H groups in total. The van der Waals surface area contributed by atoms with Crippen molar-refractivity contribution in [3.8, 4) is 0 Å². The van der Waals surface area contributed by atoms with Crippen LogP contribution in [0.25, 0.3) is 6.08 Å². The van der Waals surface area contributed by atoms with Crippen LogP contribution in [0, 0.1) is 15.9 Å². The average molecular weight is 393 g/mol. The van der Waals surface area contributed by atoms with Crippen molar-refractivity contribution in [3.63, 3.8) is 0 Å². The highest BCUT2D eigenvalue weighted by Crippen LogP contribution is 2.21. The van der Waals surface area contributed by atoms with Crippen LogP contribution < -0.4 is 10.0 Å². The van der Waals surface area contributed by atoms with E-state index in [1.54, 1.807) is 30.3 Å². The molecule has 2 aromatic rings. The summed E-state index contributed by atoms with van der Waals surface area (Å²) in [6.07, 6.45) is 1.21. The SMILES string of the molecule is O=C(CCNS(=O)(=O)/C=C/c1ccccc1)Nc1ccc(F)c([N+](=O)[O-])c1. The molecule has 0 fully saturated rings. The van der Waals surface area contributed by atoms with Crippen molar-refractivity contribution in [2.75, 3.05) is 11.9 Å². The van der Waals surface area contributed by atoms with Crippen LogP contribution in [-0.4, -0.2) is 25.8 Å². The van der Waals surface area contributed by atoms with E-state index in [1.807, 2.05) is 0 Å². The third-order valence-electron chi connectivity index (χ3n) is 3.32. The summed E-state index contributed by atoms with van der Waals surface area (Å²) in [6, 6.07) is 11.7. The van der Waals surface area contributed by atoms with Gasteiger partial charge in [0.15, 0.2) is 0 Å². The summed E-state index contributed by atoms with van der Waals surface area (Å²) in [6.45, 7) is -0.170. The van der Waals surface area contributed by atoms with Gasteiger partial charge in [0.2, 0.25) is 21.7 Å². The van der Waals surface area contributed by atoms with Gasteiger partial charge in [-0.05, 0) is 23.8 Å². The molecule has 0 aliphatic carbocycles. The maximum Gasteiger partial charge on any atom is 0.306 e. The fraction of sp³-hybridized carbons (Fsp3) is 0.118. The molecule has 0 atom stereocenters. The third kappa shape index (κ3) is 6.60. The standard InChI is InChI=1S/C17H16FN3O5S/c18-15-7-6-14(12-16(15)21(23)24)20-17(22)8-10-19-27(25,26)11-9-13-4-2-1-3-5-13/h1-7,9,11-12,19H,8,10H2,(H,20,22)/b11-9+. The van der Waals surface area contributed by atoms with E-state index in [0.29, 0.717) is 5.56 Å². The predicted octanol–water partition coefficient (Wildman–Crippen LogP) is 2.65. The zero-order valence-corrected chi connectivity index (χ0v) is 14.8. The Bertz CT molecular complexity index is 962. The molecule has 1 amide bonds. The Morgan fingerprint density at radius 2 is 1.89 bits per heavy atom. The average Bonchev–Trinajstić information content (AvgIpc) is 2.62. The van der Waals surface area contributed by atoms with E-state index >= 15 is 0 Å². The van der Waals surface area contributed by atoms with Gasteiger partial charge in [0.25, 0.3) is 0 Å². The van der Waals surface area contributed by atoms with Crippen LogP contribution >= 0.6 is 0 Å². The number of nitrogens with zero attached hydrogens (tertiary/aromatic N) is 1. The Balaban J connectivity index is 1.86. The number of nitrogens with one attached hydrogen (secondary N) is 2. The quantitative estimate of drug-likeness (QED) is 0.528. The summed E-state index contributed by atoms with van der Waals surface area (Å²) < 4.78 is 39.2. The number of carbonyl (C=O) groups excluding carboxylic acids is 1. The van der Waals surface area contributed by atoms with Crippen molar-refractivity contribution >= 4 is 33.4 Å². The van der Waals surface area contributed by atoms with E-state index in [0.717, 1.165) is 17.5 Å². The fourth-order valence-corrected chi connectivity index (χ4v) is 2.86. The van der Waals surface area contributed by atoms with Crippen LogP contribution in [0.5, 0.6) is 0 Å². The zero-order valence-electron chi connectivity index (χ0n) is 14.0. The molecule has 142 valence electrons. The van der Waals surface area contributed by atoms with E-state index in [-0.39, 0.29) is 18.7 Å². The van der Waals surface area contributed by atoms with Gasteiger partial charge in [-0.2, -0.15) is 4.39 Å². The second-order valence-corrected chi connectivity index (χ2v) is 7.03. The summed E-state index contributed by atoms with van der Waals surface area (Å²) in [5.74, 6) is -1.60. The Morgan fingerprint density at radius 3 is 2.56 bits per heavy atom. The maximum absolute atomic E-state index is 13.2. The molecule has 10 heteroatoms. The van der Waals surface area contributed by atoms with Gasteiger partial charge in [-0.3, -0.25) is 14.9 Å². The number of benzene rings is 2. The minimum absolute atomic E-state index is 0.0416. The summed E-state index contributed by atoms with van der Waals surface area (Å²) in [5.41, 5.74) is -0.0157. The monoisotopic (exact) mass is 393 g/mol. The first-order chi connectivity index (χ1) is 12.8. The molecular formula is C17H16FN3O5S. The van der Waals surface area contributed by atoms with Crippen LogP contribution in [-0.2, 0) is 14.8 Å². The summed E-state index contributed by atoms with van der Waals surface area (Å²) >= 11 is 0. The molecule has 0 aliphatic heterocycles. The van der Waals surface area contributed by atoms with E-state index in [4.69, 9.17) is 0 Å². The minimum Gasteiger partial charge on any atom is -0.326 e. The number of hydrogen-bond donors (Lipinski definition) is 2. The molecular weight excluding hydrogens is 377 g/mol. The van der Waals surface area contributed by atoms with E-state index < -0.39 is 32.4 Å². The van der Waals surface area contributed by atoms with Crippen LogP contribution in [0.3, 0.4) is 0 Å². The highest BCUT2D eigenvalue weighted by molar-refractivity contribution is 7.92. The number of rotatable bonds is 8. The van der Waals surface area contributed by atoms with Crippen molar-refractivity contribution in [1.29, 1.82) is 0 Å². The first-order valence-electron chi connectivity index (χ1n) is 7.73. The molecule has 8 nitrogen and oxygen atoms in total. The lowest BCUT2D eigenvalue weighted by atomic mass is 10.2. The number of hydrogen-bond acceptors (Lipinski definition) is 5. The number of carbonyl (C=O) groups is 1. The minimum atomic E-state index is -3.72. The number of amides is 1. The molecule has 0 aromatic heterocycles. The highest BCUT2D eigenvalue weighted by atomic mass is 32.2. The largest absolute Gasteiger partial charge is 0.326 e. The Kier molecular flexibility index (Phi) is 6.74. The lowest BCUT2D eigenvalue weighted by Crippen LogP contribution is -2.26. The maximum atomic E-state index is 13.2. The van der Waals surface area contributed by atoms with Gasteiger partial charge < -0.3 is 5.32 Å². The van der Waals surface area contributed by atoms with Crippen molar-refractivity contribution < 1.29 is 22.5 Å². The van der Waals surface area contributed by atoms with Crippen LogP contribution in [0.1, 0.15) is 12.0 Å². The number of anilines is 1. The van der Waals surface area contributed by atoms with Crippen molar-refractivity contribution in [2.24, 2.45) is 0 Å². The van der Waals surface area contributed by atoms with E-state index in [1.165, 1.54) is 12.1 Å². The molecule has 27 heavy (non-hydrogen) atoms. The highest BCUT2D eigenvalue weighted by Gasteiger charge is 2.15. The topological polar surface area (TPSA) is 118 Å². The molecule has 0 aliphatic rings. The Labute approximate surface area is 154 Å². The van der Waals surface area contributed by atoms with Crippen molar-refractivity contribution in [1.82, 2.24) is 4.72 Å². The second kappa shape index (κ2) is 9.01. The zero-order chi connectivity index (χ0) is 19.9. The van der Waals surface area contributed by atoms with Crippen LogP contribution in [0.15, 0.2) is 53.9 Å². The molecule has 0 unspecified atom stereocenters. The molecule has 0 spiro atoms. The number of nitro groups is 1. The smallest absolute Gasteiger partial charge is 0.306 e. The molecule has 0 heterocycles. The van der Waals surface area contributed by atoms with Gasteiger partial charge >= 0.3 is 5.69 Å². The molecule has 0 radical (unpaired) electrons. The van der Waals surface area contributed by atoms with E-state index in [9.17, 15) is 27.7 Å². The van der Waals surface area contributed by atoms with Gasteiger partial charge in [-0.15, -0.1) is 0 Å². The number of sulfonamides is 1. The summed E-state index contributed by atoms with van der Waals surface area (Å²) in [7, 11) is -3.72. The third-order valence-corrected chi connectivity index (χ3v) is 4.42. The molecule has 0 saturated heterocycles. The van der Waals surface area contributed by atoms with Crippen LogP contribution in [0.4, 0.5) is 15.8 Å². The molecule has 0 bridgehead atoms. The van der Waals surface area contributed by atoms with Gasteiger partial charge in [-0.25, -0.2) is 13.1 Å². The first-order valence-corrected chi connectivity index (χ1v) is 9.28. The lowest BCUT2D eigenvalue weighted by molar-refractivity contribution is -0.387. The summed E-state index contributed by atoms with van der Waals surface area (Å²) in [4.78, 5) is 21.6. The van der Waals surface area contributed by atoms with Gasteiger partial charge in [0, 0.05) is 30.1 Å². The van der Waals surface area contributed by atoms with Crippen LogP contribution in [0.2, 0.25) is 0 Å². The molecule has 2 aromatic carbocycles. The fourth-order valence-electron chi connectivity index (χ4n) is 2.04.